The highest BCUT2D eigenvalue weighted by Gasteiger charge is 2.23. The molecule has 3 heteroatoms. The van der Waals surface area contributed by atoms with Crippen LogP contribution < -0.4 is 0 Å². The number of rotatable bonds is 8. The van der Waals surface area contributed by atoms with E-state index < -0.39 is 0 Å². The molecular formula is C21H33NO2. The first kappa shape index (κ1) is 19.0. The Hall–Kier alpha value is -1.35. The normalized spacial score (nSPS) is 16.4. The summed E-state index contributed by atoms with van der Waals surface area (Å²) in [6.45, 7) is 7.78. The second-order valence-electron chi connectivity index (χ2n) is 7.08. The van der Waals surface area contributed by atoms with Crippen molar-refractivity contribution in [2.75, 3.05) is 19.6 Å². The van der Waals surface area contributed by atoms with E-state index in [2.05, 4.69) is 11.8 Å². The molecule has 1 aliphatic heterocycles. The topological polar surface area (TPSA) is 40.5 Å². The predicted octanol–water partition coefficient (Wildman–Crippen LogP) is 5.02. The van der Waals surface area contributed by atoms with Gasteiger partial charge in [-0.2, -0.15) is 0 Å². The van der Waals surface area contributed by atoms with Crippen molar-refractivity contribution in [2.24, 2.45) is 5.92 Å². The molecule has 0 spiro atoms. The van der Waals surface area contributed by atoms with Gasteiger partial charge in [-0.1, -0.05) is 45.6 Å². The Labute approximate surface area is 147 Å². The molecule has 3 nitrogen and oxygen atoms in total. The first-order chi connectivity index (χ1) is 11.7. The lowest BCUT2D eigenvalue weighted by molar-refractivity contribution is -0.123. The van der Waals surface area contributed by atoms with E-state index in [0.29, 0.717) is 17.5 Å². The van der Waals surface area contributed by atoms with Crippen molar-refractivity contribution in [1.82, 2.24) is 4.90 Å². The summed E-state index contributed by atoms with van der Waals surface area (Å²) in [4.78, 5) is 14.1. The van der Waals surface area contributed by atoms with Crippen molar-refractivity contribution in [3.8, 4) is 16.9 Å². The van der Waals surface area contributed by atoms with E-state index in [1.807, 2.05) is 19.1 Å². The molecule has 1 heterocycles. The number of Topliss-reactive ketones (excluding diaryl/α,β-unsaturated/α-hetero) is 1. The van der Waals surface area contributed by atoms with Crippen LogP contribution in [0, 0.1) is 5.92 Å². The quantitative estimate of drug-likeness (QED) is 0.690. The van der Waals surface area contributed by atoms with Crippen molar-refractivity contribution < 1.29 is 9.90 Å². The molecule has 0 aromatic carbocycles. The zero-order valence-corrected chi connectivity index (χ0v) is 15.4. The monoisotopic (exact) mass is 331 g/mol. The fraction of sp³-hybridized carbons (Fsp3) is 0.667. The minimum absolute atomic E-state index is 0.372. The number of nitrogens with zero attached hydrogens (tertiary/aromatic N) is 1. The van der Waals surface area contributed by atoms with Gasteiger partial charge in [0.25, 0.3) is 0 Å². The molecule has 1 fully saturated rings. The van der Waals surface area contributed by atoms with Crippen LogP contribution in [-0.2, 0) is 4.79 Å². The molecule has 134 valence electrons. The lowest BCUT2D eigenvalue weighted by atomic mass is 9.91. The zero-order valence-electron chi connectivity index (χ0n) is 15.4. The third kappa shape index (κ3) is 5.94. The van der Waals surface area contributed by atoms with Crippen molar-refractivity contribution in [1.29, 1.82) is 0 Å². The fourth-order valence-corrected chi connectivity index (χ4v) is 3.44. The van der Waals surface area contributed by atoms with Crippen LogP contribution in [0.4, 0.5) is 0 Å². The number of benzene rings is 1. The second-order valence-corrected chi connectivity index (χ2v) is 7.08. The molecule has 3 aliphatic rings. The van der Waals surface area contributed by atoms with E-state index >= 15 is 0 Å². The third-order valence-corrected chi connectivity index (χ3v) is 5.19. The van der Waals surface area contributed by atoms with Gasteiger partial charge in [-0.25, -0.2) is 0 Å². The van der Waals surface area contributed by atoms with Crippen LogP contribution in [0.2, 0.25) is 0 Å². The van der Waals surface area contributed by atoms with Crippen molar-refractivity contribution in [3.63, 3.8) is 0 Å². The summed E-state index contributed by atoms with van der Waals surface area (Å²) in [5.41, 5.74) is 2.22. The maximum atomic E-state index is 11.6. The highest BCUT2D eigenvalue weighted by Crippen LogP contribution is 2.42. The molecule has 1 N–H and O–H groups in total. The first-order valence-electron chi connectivity index (χ1n) is 9.74. The molecule has 3 rings (SSSR count). The third-order valence-electron chi connectivity index (χ3n) is 5.19. The number of piperidine rings is 1. The van der Waals surface area contributed by atoms with E-state index in [1.54, 1.807) is 6.07 Å². The Kier molecular flexibility index (Phi) is 7.77. The van der Waals surface area contributed by atoms with E-state index in [-0.39, 0.29) is 0 Å². The fourth-order valence-electron chi connectivity index (χ4n) is 3.44. The number of phenols is 1. The number of carbonyl (C=O) groups excluding carboxylic acids is 1. The number of aromatic hydroxyl groups is 1. The van der Waals surface area contributed by atoms with Crippen LogP contribution in [0.1, 0.15) is 65.2 Å². The highest BCUT2D eigenvalue weighted by atomic mass is 16.3. The van der Waals surface area contributed by atoms with Crippen molar-refractivity contribution in [3.05, 3.63) is 18.2 Å². The highest BCUT2D eigenvalue weighted by molar-refractivity contribution is 5.86. The Morgan fingerprint density at radius 2 is 1.83 bits per heavy atom. The number of phenolic OH excluding ortho intramolecular Hbond substituents is 1. The minimum Gasteiger partial charge on any atom is -0.507 e. The second kappa shape index (κ2) is 9.83. The van der Waals surface area contributed by atoms with E-state index in [1.165, 1.54) is 44.2 Å². The minimum atomic E-state index is 0.372. The SMILES string of the molecule is CCCCCCCN1CCC(C(=O)CC)CC1.Oc1ccc2cc1-2. The summed E-state index contributed by atoms with van der Waals surface area (Å²) >= 11 is 0. The average Bonchev–Trinajstić information content (AvgIpc) is 3.32. The van der Waals surface area contributed by atoms with E-state index in [0.717, 1.165) is 37.9 Å². The number of likely N-dealkylation sites (tertiary alicyclic amines) is 1. The Morgan fingerprint density at radius 3 is 2.29 bits per heavy atom. The largest absolute Gasteiger partial charge is 0.507 e. The number of unbranched alkanes of at least 4 members (excludes halogenated alkanes) is 4. The Bertz CT molecular complexity index is 519. The summed E-state index contributed by atoms with van der Waals surface area (Å²) < 4.78 is 0. The lowest BCUT2D eigenvalue weighted by Crippen LogP contribution is -2.36. The van der Waals surface area contributed by atoms with Gasteiger partial charge in [-0.15, -0.1) is 0 Å². The summed E-state index contributed by atoms with van der Waals surface area (Å²) in [7, 11) is 0. The Morgan fingerprint density at radius 1 is 1.12 bits per heavy atom. The summed E-state index contributed by atoms with van der Waals surface area (Å²) in [6, 6.07) is 5.57. The van der Waals surface area contributed by atoms with Crippen LogP contribution in [0.15, 0.2) is 18.2 Å². The van der Waals surface area contributed by atoms with Gasteiger partial charge < -0.3 is 10.0 Å². The van der Waals surface area contributed by atoms with Gasteiger partial charge in [0.1, 0.15) is 11.5 Å². The summed E-state index contributed by atoms with van der Waals surface area (Å²) in [5, 5.41) is 8.78. The van der Waals surface area contributed by atoms with Gasteiger partial charge in [0, 0.05) is 17.9 Å². The lowest BCUT2D eigenvalue weighted by Gasteiger charge is -2.31. The van der Waals surface area contributed by atoms with Gasteiger partial charge in [-0.3, -0.25) is 4.79 Å². The van der Waals surface area contributed by atoms with Gasteiger partial charge in [-0.05, 0) is 56.6 Å². The standard InChI is InChI=1S/C15H29NO.C6H4O/c1-3-5-6-7-8-11-16-12-9-14(10-13-16)15(17)4-2;7-6-2-1-4-3-5(4)6/h14H,3-13H2,1-2H3;1-3,7H. The Balaban J connectivity index is 0.000000242. The maximum Gasteiger partial charge on any atom is 0.135 e. The van der Waals surface area contributed by atoms with Gasteiger partial charge in [0.15, 0.2) is 0 Å². The van der Waals surface area contributed by atoms with Gasteiger partial charge in [0.2, 0.25) is 0 Å². The molecule has 0 saturated carbocycles. The number of fused-ring (bicyclic) bond motifs is 1. The van der Waals surface area contributed by atoms with Crippen molar-refractivity contribution >= 4 is 5.78 Å². The molecule has 0 aromatic heterocycles. The van der Waals surface area contributed by atoms with E-state index in [9.17, 15) is 4.79 Å². The van der Waals surface area contributed by atoms with Crippen LogP contribution in [0.25, 0.3) is 11.1 Å². The molecule has 0 atom stereocenters. The molecule has 0 radical (unpaired) electrons. The average molecular weight is 332 g/mol. The van der Waals surface area contributed by atoms with Crippen molar-refractivity contribution in [2.45, 2.75) is 65.2 Å². The molecular weight excluding hydrogens is 298 g/mol. The van der Waals surface area contributed by atoms with Crippen LogP contribution in [0.3, 0.4) is 0 Å². The number of hydrogen-bond acceptors (Lipinski definition) is 3. The first-order valence-corrected chi connectivity index (χ1v) is 9.74. The van der Waals surface area contributed by atoms with E-state index in [4.69, 9.17) is 5.11 Å². The molecule has 0 unspecified atom stereocenters. The number of ketones is 1. The van der Waals surface area contributed by atoms with Crippen LogP contribution in [0.5, 0.6) is 5.75 Å². The maximum absolute atomic E-state index is 11.6. The summed E-state index contributed by atoms with van der Waals surface area (Å²) in [6.07, 6.45) is 9.73. The summed E-state index contributed by atoms with van der Waals surface area (Å²) in [5.74, 6) is 1.28. The molecule has 0 amide bonds. The molecule has 2 aliphatic carbocycles. The number of carbonyl (C=O) groups is 1. The van der Waals surface area contributed by atoms with Crippen LogP contribution >= 0.6 is 0 Å². The van der Waals surface area contributed by atoms with Gasteiger partial charge in [0.05, 0.1) is 0 Å². The van der Waals surface area contributed by atoms with Crippen LogP contribution in [-0.4, -0.2) is 35.4 Å². The molecule has 24 heavy (non-hydrogen) atoms. The predicted molar refractivity (Wildman–Crippen MR) is 100 cm³/mol. The zero-order chi connectivity index (χ0) is 17.4. The smallest absolute Gasteiger partial charge is 0.135 e. The molecule has 0 bridgehead atoms. The number of hydrogen-bond donors (Lipinski definition) is 1. The molecule has 1 saturated heterocycles. The molecule has 0 aromatic rings. The van der Waals surface area contributed by atoms with Gasteiger partial charge >= 0.3 is 0 Å².